The molecule has 0 aliphatic rings. The van der Waals surface area contributed by atoms with Gasteiger partial charge in [-0.3, -0.25) is 14.4 Å². The number of likely N-dealkylation sites (N-methyl/N-ethyl adjacent to an activating group) is 1. The molecule has 256 valence electrons. The van der Waals surface area contributed by atoms with Crippen LogP contribution >= 0.6 is 12.4 Å². The minimum absolute atomic E-state index is 0. The van der Waals surface area contributed by atoms with Gasteiger partial charge in [0, 0.05) is 56.9 Å². The molecule has 0 saturated carbocycles. The molecule has 3 atom stereocenters. The molecule has 0 radical (unpaired) electrons. The molecule has 2 aromatic rings. The highest BCUT2D eigenvalue weighted by atomic mass is 35.5. The first-order valence-electron chi connectivity index (χ1n) is 15.3. The van der Waals surface area contributed by atoms with Crippen molar-refractivity contribution in [3.8, 4) is 0 Å². The van der Waals surface area contributed by atoms with E-state index in [1.807, 2.05) is 18.3 Å². The molecule has 1 heterocycles. The summed E-state index contributed by atoms with van der Waals surface area (Å²) < 4.78 is 12.1. The van der Waals surface area contributed by atoms with E-state index in [9.17, 15) is 14.4 Å². The summed E-state index contributed by atoms with van der Waals surface area (Å²) in [6, 6.07) is 8.04. The van der Waals surface area contributed by atoms with E-state index in [1.165, 1.54) is 5.56 Å². The number of aromatic nitrogens is 3. The van der Waals surface area contributed by atoms with Gasteiger partial charge in [-0.1, -0.05) is 35.9 Å². The number of hydrogen-bond acceptors (Lipinski definition) is 9. The van der Waals surface area contributed by atoms with Crippen LogP contribution in [-0.2, 0) is 59.9 Å². The first-order chi connectivity index (χ1) is 20.7. The lowest BCUT2D eigenvalue weighted by molar-refractivity contribution is -0.127. The fourth-order valence-corrected chi connectivity index (χ4v) is 6.39. The van der Waals surface area contributed by atoms with Crippen molar-refractivity contribution in [2.75, 3.05) is 52.5 Å². The molecule has 13 heteroatoms. The third-order valence-electron chi connectivity index (χ3n) is 7.50. The Morgan fingerprint density at radius 2 is 1.78 bits per heavy atom. The second kappa shape index (κ2) is 25.3. The fraction of sp³-hybridized carbons (Fsp3) is 0.656. The number of aryl methyl sites for hydroxylation is 1. The van der Waals surface area contributed by atoms with Crippen LogP contribution in [0.5, 0.6) is 0 Å². The lowest BCUT2D eigenvalue weighted by Gasteiger charge is -2.18. The summed E-state index contributed by atoms with van der Waals surface area (Å²) in [5.74, 6) is 1.96. The van der Waals surface area contributed by atoms with Crippen LogP contribution in [0.2, 0.25) is 0 Å². The van der Waals surface area contributed by atoms with E-state index in [0.29, 0.717) is 58.6 Å². The molecule has 1 aromatic heterocycles. The van der Waals surface area contributed by atoms with E-state index < -0.39 is 0 Å². The van der Waals surface area contributed by atoms with Crippen LogP contribution in [0.15, 0.2) is 30.5 Å². The molecule has 3 N–H and O–H groups in total. The zero-order valence-electron chi connectivity index (χ0n) is 27.3. The van der Waals surface area contributed by atoms with Crippen LogP contribution in [0.3, 0.4) is 0 Å². The molecular formula is C32H53Cl2N5O5S. The predicted octanol–water partition coefficient (Wildman–Crippen LogP) is 0.131. The smallest absolute Gasteiger partial charge is 0.150 e. The molecule has 45 heavy (non-hydrogen) atoms. The van der Waals surface area contributed by atoms with Crippen LogP contribution in [0.25, 0.3) is 0 Å². The van der Waals surface area contributed by atoms with E-state index in [4.69, 9.17) is 15.2 Å². The highest BCUT2D eigenvalue weighted by Gasteiger charge is 2.26. The Labute approximate surface area is 284 Å². The van der Waals surface area contributed by atoms with Gasteiger partial charge in [-0.05, 0) is 49.8 Å². The van der Waals surface area contributed by atoms with Gasteiger partial charge in [-0.25, -0.2) is 4.68 Å². The molecule has 0 bridgehead atoms. The Morgan fingerprint density at radius 3 is 2.42 bits per heavy atom. The van der Waals surface area contributed by atoms with E-state index >= 15 is 0 Å². The van der Waals surface area contributed by atoms with E-state index in [0.717, 1.165) is 48.4 Å². The number of nitrogens with zero attached hydrogens (tertiary/aromatic N) is 3. The average molecular weight is 691 g/mol. The molecule has 0 fully saturated rings. The van der Waals surface area contributed by atoms with Gasteiger partial charge in [0.05, 0.1) is 44.4 Å². The van der Waals surface area contributed by atoms with Gasteiger partial charge >= 0.3 is 0 Å². The minimum Gasteiger partial charge on any atom is -1.00 e. The van der Waals surface area contributed by atoms with Crippen molar-refractivity contribution in [3.63, 3.8) is 0 Å². The maximum absolute atomic E-state index is 12.8. The van der Waals surface area contributed by atoms with E-state index in [1.54, 1.807) is 25.8 Å². The summed E-state index contributed by atoms with van der Waals surface area (Å²) in [6.07, 6.45) is 9.04. The lowest BCUT2D eigenvalue weighted by atomic mass is 9.91. The van der Waals surface area contributed by atoms with Gasteiger partial charge in [-0.2, -0.15) is 0 Å². The summed E-state index contributed by atoms with van der Waals surface area (Å²) in [5, 5.41) is 11.4. The van der Waals surface area contributed by atoms with E-state index in [-0.39, 0.29) is 65.0 Å². The third kappa shape index (κ3) is 18.2. The minimum atomic E-state index is -0.231. The van der Waals surface area contributed by atoms with Crippen LogP contribution in [0, 0.1) is 5.92 Å². The Kier molecular flexibility index (Phi) is 24.2. The summed E-state index contributed by atoms with van der Waals surface area (Å²) in [5.41, 5.74) is 8.60. The molecular weight excluding hydrogens is 637 g/mol. The molecule has 10 nitrogen and oxygen atoms in total. The number of ether oxygens (including phenoxy) is 2. The number of hydrogen-bond donors (Lipinski definition) is 2. The number of nitrogens with one attached hydrogen (secondary N) is 1. The molecule has 1 aromatic carbocycles. The van der Waals surface area contributed by atoms with Crippen molar-refractivity contribution in [3.05, 3.63) is 47.3 Å². The topological polar surface area (TPSA) is 138 Å². The number of nitrogens with two attached hydrogens (primary N) is 1. The maximum atomic E-state index is 12.8. The number of methoxy groups -OCH3 is 1. The van der Waals surface area contributed by atoms with Gasteiger partial charge in [0.15, 0.2) is 0 Å². The molecule has 2 rings (SSSR count). The second-order valence-electron chi connectivity index (χ2n) is 11.1. The van der Waals surface area contributed by atoms with Crippen molar-refractivity contribution in [1.29, 1.82) is 0 Å². The number of carbonyl (C=O) groups excluding carboxylic acids is 3. The highest BCUT2D eigenvalue weighted by Crippen LogP contribution is 2.18. The molecule has 0 spiro atoms. The largest absolute Gasteiger partial charge is 1.00 e. The van der Waals surface area contributed by atoms with Gasteiger partial charge in [0.1, 0.15) is 28.9 Å². The van der Waals surface area contributed by atoms with Gasteiger partial charge in [0.25, 0.3) is 0 Å². The van der Waals surface area contributed by atoms with Crippen LogP contribution < -0.4 is 23.5 Å². The van der Waals surface area contributed by atoms with Crippen molar-refractivity contribution < 1.29 is 36.3 Å². The molecule has 0 aliphatic heterocycles. The quantitative estimate of drug-likeness (QED) is 0.110. The second-order valence-corrected chi connectivity index (χ2v) is 13.4. The molecule has 1 unspecified atom stereocenters. The summed E-state index contributed by atoms with van der Waals surface area (Å²) in [6.45, 7) is 4.48. The molecule has 0 saturated heterocycles. The van der Waals surface area contributed by atoms with Crippen LogP contribution in [-0.4, -0.2) is 90.9 Å². The van der Waals surface area contributed by atoms with Crippen molar-refractivity contribution in [1.82, 2.24) is 20.3 Å². The SMILES string of the molecule is CN[C@@H](CCCCN)C(=O)C[C@@H](CC[S+](C)Cc1ccc(CC(=O)CCc2cn(CCOCCOC)nn2)cc1)C(C)=O.Cl.[Cl-]. The number of halogens is 2. The van der Waals surface area contributed by atoms with Crippen LogP contribution in [0.1, 0.15) is 62.3 Å². The normalized spacial score (nSPS) is 12.9. The number of unbranched alkanes of at least 4 members (excludes halogenated alkanes) is 1. The summed E-state index contributed by atoms with van der Waals surface area (Å²) in [4.78, 5) is 37.7. The standard InChI is InChI=1S/C32H52N5O5S.2ClH/c1-25(38)28(22-32(40)31(34-2)7-5-6-15-33)14-20-43(4)24-27-10-8-26(9-11-27)21-30(39)13-12-29-23-37(36-35-29)16-17-42-19-18-41-3;;/h8-11,23,28,31,34H,5-7,12-22,24,33H2,1-4H3;2*1H/q+1;;/p-1/t28-,31+,43?;;/m1../s1. The Morgan fingerprint density at radius 1 is 1.07 bits per heavy atom. The zero-order chi connectivity index (χ0) is 31.5. The van der Waals surface area contributed by atoms with Crippen molar-refractivity contribution in [2.24, 2.45) is 11.7 Å². The number of rotatable bonds is 25. The van der Waals surface area contributed by atoms with Gasteiger partial charge in [-0.15, -0.1) is 17.5 Å². The summed E-state index contributed by atoms with van der Waals surface area (Å²) >= 11 is 0. The number of benzene rings is 1. The Balaban J connectivity index is 0.00000968. The van der Waals surface area contributed by atoms with Gasteiger partial charge in [0.2, 0.25) is 0 Å². The monoisotopic (exact) mass is 689 g/mol. The number of ketones is 3. The summed E-state index contributed by atoms with van der Waals surface area (Å²) in [7, 11) is 3.52. The first kappa shape index (κ1) is 43.1. The van der Waals surface area contributed by atoms with Gasteiger partial charge < -0.3 is 32.9 Å². The fourth-order valence-electron chi connectivity index (χ4n) is 4.80. The van der Waals surface area contributed by atoms with Crippen molar-refractivity contribution in [2.45, 2.75) is 76.6 Å². The molecule has 0 aliphatic carbocycles. The maximum Gasteiger partial charge on any atom is 0.150 e. The van der Waals surface area contributed by atoms with Crippen LogP contribution in [0.4, 0.5) is 0 Å². The predicted molar refractivity (Wildman–Crippen MR) is 179 cm³/mol. The number of Topliss-reactive ketones (excluding diaryl/α,β-unsaturated/α-hetero) is 3. The molecule has 0 amide bonds. The zero-order valence-corrected chi connectivity index (χ0v) is 29.7. The highest BCUT2D eigenvalue weighted by molar-refractivity contribution is 7.95. The van der Waals surface area contributed by atoms with Crippen molar-refractivity contribution >= 4 is 40.7 Å². The van der Waals surface area contributed by atoms with E-state index in [2.05, 4.69) is 34.0 Å². The average Bonchev–Trinajstić information content (AvgIpc) is 3.44. The Bertz CT molecular complexity index is 1110. The first-order valence-corrected chi connectivity index (χ1v) is 17.3. The lowest BCUT2D eigenvalue weighted by Crippen LogP contribution is -3.00. The number of carbonyl (C=O) groups is 3. The third-order valence-corrected chi connectivity index (χ3v) is 9.26. The Hall–Kier alpha value is -1.86.